The second-order valence-corrected chi connectivity index (χ2v) is 28.1. The van der Waals surface area contributed by atoms with Crippen LogP contribution in [0.2, 0.25) is 0 Å². The van der Waals surface area contributed by atoms with Gasteiger partial charge in [-0.1, -0.05) is 119 Å². The Morgan fingerprint density at radius 1 is 0.670 bits per heavy atom. The van der Waals surface area contributed by atoms with Gasteiger partial charge in [-0.2, -0.15) is 13.7 Å². The number of nitriles is 1. The van der Waals surface area contributed by atoms with E-state index in [1.807, 2.05) is 66.1 Å². The quantitative estimate of drug-likeness (QED) is 0.00841. The largest absolute Gasteiger partial charge is 0.466 e. The number of nitrogens with zero attached hydrogens (tertiary/aromatic N) is 10. The molecule has 2 amide bonds. The molecule has 25 nitrogen and oxygen atoms in total. The maximum absolute atomic E-state index is 12.2. The van der Waals surface area contributed by atoms with Crippen molar-refractivity contribution in [3.63, 3.8) is 0 Å². The summed E-state index contributed by atoms with van der Waals surface area (Å²) in [6, 6.07) is 21.4. The number of rotatable bonds is 23. The van der Waals surface area contributed by atoms with Crippen molar-refractivity contribution in [3.8, 4) is 6.07 Å². The highest BCUT2D eigenvalue weighted by Gasteiger charge is 2.47. The number of carbonyl (C=O) groups excluding carboxylic acids is 4. The Morgan fingerprint density at radius 2 is 1.10 bits per heavy atom. The van der Waals surface area contributed by atoms with Gasteiger partial charge in [0.2, 0.25) is 38.9 Å². The maximum Gasteiger partial charge on any atom is 0.309 e. The van der Waals surface area contributed by atoms with Crippen LogP contribution in [0.1, 0.15) is 96.9 Å². The number of hydrogen-bond acceptors (Lipinski definition) is 25. The summed E-state index contributed by atoms with van der Waals surface area (Å²) < 4.78 is 30.5. The van der Waals surface area contributed by atoms with Gasteiger partial charge in [-0.15, -0.1) is 40.8 Å². The summed E-state index contributed by atoms with van der Waals surface area (Å²) in [5, 5.41) is 52.6. The first-order valence-corrected chi connectivity index (χ1v) is 34.1. The van der Waals surface area contributed by atoms with E-state index >= 15 is 0 Å². The maximum atomic E-state index is 12.2. The topological polar surface area (TPSA) is 392 Å². The van der Waals surface area contributed by atoms with Crippen molar-refractivity contribution < 1.29 is 36.5 Å². The van der Waals surface area contributed by atoms with E-state index < -0.39 is 10.1 Å². The number of esters is 1. The Morgan fingerprint density at radius 3 is 1.45 bits per heavy atom. The molecule has 0 spiro atoms. The fourth-order valence-corrected chi connectivity index (χ4v) is 12.8. The number of anilines is 4. The van der Waals surface area contributed by atoms with Gasteiger partial charge in [-0.3, -0.25) is 23.4 Å². The van der Waals surface area contributed by atoms with Crippen molar-refractivity contribution in [1.82, 2.24) is 46.2 Å². The summed E-state index contributed by atoms with van der Waals surface area (Å²) in [6.45, 7) is 13.4. The van der Waals surface area contributed by atoms with E-state index in [1.165, 1.54) is 58.7 Å². The summed E-state index contributed by atoms with van der Waals surface area (Å²) in [5.74, 6) is 8.92. The number of ether oxygens (including phenoxy) is 1. The lowest BCUT2D eigenvalue weighted by molar-refractivity contribution is -0.145. The van der Waals surface area contributed by atoms with Crippen LogP contribution in [-0.4, -0.2) is 104 Å². The van der Waals surface area contributed by atoms with Crippen LogP contribution in [-0.2, 0) is 76.7 Å². The van der Waals surface area contributed by atoms with Crippen molar-refractivity contribution in [3.05, 3.63) is 103 Å². The molecular formula is C57H75N17O8S6. The minimum absolute atomic E-state index is 0.0472. The smallest absolute Gasteiger partial charge is 0.309 e. The molecule has 5 saturated carbocycles. The second-order valence-electron chi connectivity index (χ2n) is 21.8. The molecule has 4 aromatic heterocycles. The van der Waals surface area contributed by atoms with E-state index in [0.29, 0.717) is 113 Å². The number of ketones is 1. The minimum Gasteiger partial charge on any atom is -0.466 e. The van der Waals surface area contributed by atoms with E-state index in [-0.39, 0.29) is 40.5 Å². The first kappa shape index (κ1) is 70.0. The number of hydrogen-bond donors (Lipinski definition) is 7. The van der Waals surface area contributed by atoms with E-state index in [0.717, 1.165) is 88.8 Å². The molecule has 31 heteroatoms. The number of hydrazine groups is 1. The molecule has 5 aliphatic rings. The van der Waals surface area contributed by atoms with E-state index in [2.05, 4.69) is 91.5 Å². The van der Waals surface area contributed by atoms with Crippen LogP contribution in [0.25, 0.3) is 4.85 Å². The van der Waals surface area contributed by atoms with E-state index in [9.17, 15) is 27.6 Å². The standard InChI is InChI=1S/C25H24N6O2S2.C9H12N6S2.C8H12O3.C7H8N2.C7H14O3S.CH5N3S/c32-20(11-16-7-3-1-4-8-16)26-24-30-28-22(34-24)14-18-13-19(18)15-23-29-31-25(35-23)27-21(33)12-17-9-5-2-6-10-17;10-8-14-12-6(16-8)2-4-1-5(4)3-7-13-15-9(11)17-7;1-3-11-8(10)7-4-6(7)5(2)9;1-9-5-7-4-6(7)2-3-8;1-3-6-4-7(6)5-10-11(2,8)9;2-1(5)4-3/h1-10,18-19H,11-15H2,(H,26,30,32)(H,27,31,33);4-5H,1-3H2,(H2,10,14)(H2,11,15);6-7H,3-4H2,1-2H3;6-7H,2,4-5H2;6-7H,3-5H2,1-2H3;3H2,(H3,2,4,5)/t18-,19-;4-,5-;3*6-,7+;/m00011./s1. The summed E-state index contributed by atoms with van der Waals surface area (Å²) in [5.41, 5.74) is 19.9. The number of amides is 2. The number of nitrogens with two attached hydrogens (primary N) is 4. The Labute approximate surface area is 533 Å². The number of aromatic nitrogens is 8. The molecule has 0 saturated heterocycles. The van der Waals surface area contributed by atoms with Crippen molar-refractivity contribution in [2.75, 3.05) is 48.1 Å². The molecule has 10 atom stereocenters. The molecule has 2 aromatic carbocycles. The van der Waals surface area contributed by atoms with Gasteiger partial charge >= 0.3 is 5.97 Å². The normalized spacial score (nSPS) is 21.8. The molecule has 11 N–H and O–H groups in total. The summed E-state index contributed by atoms with van der Waals surface area (Å²) in [6.07, 6.45) is 12.4. The molecule has 6 aromatic rings. The third kappa shape index (κ3) is 26.7. The third-order valence-electron chi connectivity index (χ3n) is 14.6. The van der Waals surface area contributed by atoms with Gasteiger partial charge in [0, 0.05) is 43.9 Å². The molecule has 5 aliphatic carbocycles. The van der Waals surface area contributed by atoms with Gasteiger partial charge in [0.05, 0.1) is 44.3 Å². The third-order valence-corrected chi connectivity index (χ3v) is 18.5. The van der Waals surface area contributed by atoms with Crippen molar-refractivity contribution in [2.45, 2.75) is 104 Å². The average molecular weight is 1320 g/mol. The van der Waals surface area contributed by atoms with Crippen molar-refractivity contribution in [2.24, 2.45) is 70.8 Å². The van der Waals surface area contributed by atoms with Gasteiger partial charge in [-0.05, 0) is 111 Å². The number of Topliss-reactive ketones (excluding diaryl/α,β-unsaturated/α-hetero) is 1. The lowest BCUT2D eigenvalue weighted by atomic mass is 10.1. The molecule has 5 fully saturated rings. The lowest BCUT2D eigenvalue weighted by Gasteiger charge is -2.01. The summed E-state index contributed by atoms with van der Waals surface area (Å²) in [4.78, 5) is 49.4. The number of thiocarbonyl (C=S) groups is 1. The van der Waals surface area contributed by atoms with Crippen LogP contribution in [0, 0.1) is 77.1 Å². The van der Waals surface area contributed by atoms with Crippen LogP contribution < -0.4 is 39.1 Å². The molecule has 0 radical (unpaired) electrons. The SMILES string of the molecule is CCOC(=O)[C@@H]1C[C@H]1C(C)=O.CC[C@@H]1C[C@H]1COS(C)(=O)=O.NNC(N)=S.Nc1nnc(C[C@@H]2C[C@H]2Cc2nnc(N)s2)s1.O=C(Cc1ccccc1)Nc1nnc(C[C@@H]2C[C@H]2Cc2nnc(NC(=O)Cc3ccccc3)s2)s1.[C-]#[N+]C[C@@H]1C[C@H]1CC#N. The van der Waals surface area contributed by atoms with E-state index in [1.54, 1.807) is 6.92 Å². The molecule has 0 unspecified atom stereocenters. The van der Waals surface area contributed by atoms with Crippen LogP contribution in [0.15, 0.2) is 60.7 Å². The lowest BCUT2D eigenvalue weighted by Crippen LogP contribution is -2.34. The minimum atomic E-state index is -3.21. The van der Waals surface area contributed by atoms with E-state index in [4.69, 9.17) is 33.8 Å². The fraction of sp³-hybridized carbons (Fsp3) is 0.526. The highest BCUT2D eigenvalue weighted by atomic mass is 32.2. The van der Waals surface area contributed by atoms with Gasteiger partial charge in [0.15, 0.2) is 5.11 Å². The molecule has 11 rings (SSSR count). The van der Waals surface area contributed by atoms with Crippen molar-refractivity contribution >= 4 is 117 Å². The zero-order valence-corrected chi connectivity index (χ0v) is 54.3. The Bertz CT molecular complexity index is 3240. The van der Waals surface area contributed by atoms with Crippen LogP contribution in [0.3, 0.4) is 0 Å². The monoisotopic (exact) mass is 1320 g/mol. The molecular weight excluding hydrogens is 1240 g/mol. The highest BCUT2D eigenvalue weighted by Crippen LogP contribution is 2.46. The average Bonchev–Trinajstić information content (AvgIpc) is 4.22. The van der Waals surface area contributed by atoms with Crippen molar-refractivity contribution in [1.29, 1.82) is 5.26 Å². The van der Waals surface area contributed by atoms with Gasteiger partial charge in [0.1, 0.15) is 25.8 Å². The molecule has 88 heavy (non-hydrogen) atoms. The summed E-state index contributed by atoms with van der Waals surface area (Å²) in [7, 11) is -3.21. The molecule has 4 heterocycles. The number of nitrogens with one attached hydrogen (secondary N) is 3. The highest BCUT2D eigenvalue weighted by molar-refractivity contribution is 7.86. The number of carbonyl (C=O) groups is 4. The first-order valence-electron chi connectivity index (χ1n) is 28.6. The van der Waals surface area contributed by atoms with Crippen LogP contribution in [0.4, 0.5) is 20.5 Å². The number of nitrogen functional groups attached to an aromatic ring is 2. The fourth-order valence-electron chi connectivity index (χ4n) is 9.28. The van der Waals surface area contributed by atoms with Gasteiger partial charge < -0.3 is 42.8 Å². The van der Waals surface area contributed by atoms with Crippen LogP contribution in [0.5, 0.6) is 0 Å². The molecule has 0 aliphatic heterocycles. The predicted octanol–water partition coefficient (Wildman–Crippen LogP) is 7.08. The Hall–Kier alpha value is -7.10. The predicted molar refractivity (Wildman–Crippen MR) is 343 cm³/mol. The van der Waals surface area contributed by atoms with Crippen LogP contribution >= 0.6 is 57.6 Å². The zero-order chi connectivity index (χ0) is 63.8. The zero-order valence-electron chi connectivity index (χ0n) is 49.4. The Kier molecular flexibility index (Phi) is 28.0. The summed E-state index contributed by atoms with van der Waals surface area (Å²) >= 11 is 10.1. The molecule has 472 valence electrons. The van der Waals surface area contributed by atoms with Gasteiger partial charge in [0.25, 0.3) is 10.1 Å². The Balaban J connectivity index is 0.000000193. The number of benzene rings is 2. The molecule has 0 bridgehead atoms. The first-order chi connectivity index (χ1) is 42.1. The van der Waals surface area contributed by atoms with Gasteiger partial charge in [-0.25, -0.2) is 12.4 Å². The second kappa shape index (κ2) is 35.2.